The highest BCUT2D eigenvalue weighted by atomic mass is 32.2. The van der Waals surface area contributed by atoms with Gasteiger partial charge in [-0.1, -0.05) is 57.4 Å². The van der Waals surface area contributed by atoms with Gasteiger partial charge in [-0.05, 0) is 47.2 Å². The Labute approximate surface area is 185 Å². The topological polar surface area (TPSA) is 66.5 Å². The summed E-state index contributed by atoms with van der Waals surface area (Å²) in [5.41, 5.74) is 2.42. The summed E-state index contributed by atoms with van der Waals surface area (Å²) < 4.78 is 39.2. The number of rotatable bonds is 11. The smallest absolute Gasteiger partial charge is 0.254 e. The second-order valence-electron chi connectivity index (χ2n) is 8.45. The van der Waals surface area contributed by atoms with E-state index in [1.54, 1.807) is 30.1 Å². The molecule has 2 rings (SSSR count). The van der Waals surface area contributed by atoms with Crippen molar-refractivity contribution in [2.24, 2.45) is 5.92 Å². The van der Waals surface area contributed by atoms with Gasteiger partial charge in [0.05, 0.1) is 11.8 Å². The molecule has 0 unspecified atom stereocenters. The molecule has 0 aliphatic rings. The first-order chi connectivity index (χ1) is 14.6. The number of halogens is 1. The van der Waals surface area contributed by atoms with Crippen LogP contribution in [0.1, 0.15) is 55.5 Å². The van der Waals surface area contributed by atoms with Crippen LogP contribution in [-0.4, -0.2) is 39.1 Å². The predicted molar refractivity (Wildman–Crippen MR) is 124 cm³/mol. The molecule has 1 N–H and O–H groups in total. The number of sulfonamides is 1. The fraction of sp³-hybridized carbons (Fsp3) is 0.458. The van der Waals surface area contributed by atoms with Gasteiger partial charge in [-0.15, -0.1) is 0 Å². The number of hydrogen-bond acceptors (Lipinski definition) is 3. The van der Waals surface area contributed by atoms with Crippen LogP contribution < -0.4 is 4.72 Å². The van der Waals surface area contributed by atoms with Crippen molar-refractivity contribution in [2.75, 3.05) is 19.8 Å². The van der Waals surface area contributed by atoms with Crippen LogP contribution in [0, 0.1) is 11.7 Å². The first-order valence-electron chi connectivity index (χ1n) is 10.7. The molecule has 0 radical (unpaired) electrons. The molecule has 0 aliphatic carbocycles. The van der Waals surface area contributed by atoms with E-state index >= 15 is 0 Å². The third-order valence-corrected chi connectivity index (χ3v) is 5.78. The fourth-order valence-corrected chi connectivity index (χ4v) is 3.82. The summed E-state index contributed by atoms with van der Waals surface area (Å²) in [5, 5.41) is 0. The Hall–Kier alpha value is -2.25. The quantitative estimate of drug-likeness (QED) is 0.501. The predicted octanol–water partition coefficient (Wildman–Crippen LogP) is 4.83. The number of hydrogen-bond donors (Lipinski definition) is 1. The molecule has 1 amide bonds. The maximum Gasteiger partial charge on any atom is 0.254 e. The number of benzene rings is 2. The highest BCUT2D eigenvalue weighted by molar-refractivity contribution is 7.88. The van der Waals surface area contributed by atoms with E-state index in [4.69, 9.17) is 0 Å². The molecule has 0 spiro atoms. The van der Waals surface area contributed by atoms with Crippen molar-refractivity contribution in [1.29, 1.82) is 0 Å². The van der Waals surface area contributed by atoms with Gasteiger partial charge in [-0.2, -0.15) is 0 Å². The van der Waals surface area contributed by atoms with Gasteiger partial charge in [0, 0.05) is 20.1 Å². The van der Waals surface area contributed by atoms with Crippen molar-refractivity contribution >= 4 is 15.9 Å². The monoisotopic (exact) mass is 448 g/mol. The summed E-state index contributed by atoms with van der Waals surface area (Å²) in [7, 11) is -1.57. The Bertz CT molecular complexity index is 990. The maximum absolute atomic E-state index is 14.0. The summed E-state index contributed by atoms with van der Waals surface area (Å²) in [5.74, 6) is -0.0111. The molecule has 170 valence electrons. The van der Waals surface area contributed by atoms with E-state index < -0.39 is 15.8 Å². The minimum Gasteiger partial charge on any atom is -0.342 e. The SMILES string of the molecule is CC(C)CCCCCN(C)C(=O)c1cc(F)ccc1-c1cccc(CNS(C)(=O)=O)c1. The minimum absolute atomic E-state index is 0.146. The number of unbranched alkanes of at least 4 members (excludes halogenated alkanes) is 2. The molecule has 31 heavy (non-hydrogen) atoms. The molecule has 5 nitrogen and oxygen atoms in total. The first-order valence-corrected chi connectivity index (χ1v) is 12.5. The standard InChI is InChI=1S/C24H33FN2O3S/c1-18(2)9-6-5-7-14-27(3)24(28)23-16-21(25)12-13-22(23)20-11-8-10-19(15-20)17-26-31(4,29)30/h8,10-13,15-16,18,26H,5-7,9,14,17H2,1-4H3. The van der Waals surface area contributed by atoms with E-state index in [0.29, 0.717) is 23.6 Å². The number of carbonyl (C=O) groups excluding carboxylic acids is 1. The average Bonchev–Trinajstić information content (AvgIpc) is 2.70. The van der Waals surface area contributed by atoms with Crippen molar-refractivity contribution in [3.05, 3.63) is 59.4 Å². The normalized spacial score (nSPS) is 11.7. The number of nitrogens with one attached hydrogen (secondary N) is 1. The Kier molecular flexibility index (Phi) is 9.19. The molecular weight excluding hydrogens is 415 g/mol. The van der Waals surface area contributed by atoms with E-state index in [1.807, 2.05) is 12.1 Å². The molecule has 2 aromatic rings. The maximum atomic E-state index is 14.0. The summed E-state index contributed by atoms with van der Waals surface area (Å²) >= 11 is 0. The van der Waals surface area contributed by atoms with Gasteiger partial charge in [-0.3, -0.25) is 4.79 Å². The molecule has 0 saturated carbocycles. The Balaban J connectivity index is 2.17. The lowest BCUT2D eigenvalue weighted by atomic mass is 9.97. The molecular formula is C24H33FN2O3S. The number of amides is 1. The largest absolute Gasteiger partial charge is 0.342 e. The summed E-state index contributed by atoms with van der Waals surface area (Å²) in [6.45, 7) is 5.17. The van der Waals surface area contributed by atoms with Crippen molar-refractivity contribution in [2.45, 2.75) is 46.1 Å². The van der Waals surface area contributed by atoms with Crippen LogP contribution in [0.5, 0.6) is 0 Å². The van der Waals surface area contributed by atoms with Crippen molar-refractivity contribution in [3.8, 4) is 11.1 Å². The molecule has 2 aromatic carbocycles. The van der Waals surface area contributed by atoms with Crippen LogP contribution in [0.3, 0.4) is 0 Å². The van der Waals surface area contributed by atoms with E-state index in [9.17, 15) is 17.6 Å². The molecule has 0 bridgehead atoms. The molecule has 0 heterocycles. The van der Waals surface area contributed by atoms with Gasteiger partial charge < -0.3 is 4.90 Å². The lowest BCUT2D eigenvalue weighted by molar-refractivity contribution is 0.0792. The zero-order chi connectivity index (χ0) is 23.0. The van der Waals surface area contributed by atoms with Crippen LogP contribution in [0.2, 0.25) is 0 Å². The summed E-state index contributed by atoms with van der Waals surface area (Å²) in [4.78, 5) is 14.7. The van der Waals surface area contributed by atoms with Gasteiger partial charge in [0.2, 0.25) is 10.0 Å². The zero-order valence-corrected chi connectivity index (χ0v) is 19.6. The zero-order valence-electron chi connectivity index (χ0n) is 18.8. The van der Waals surface area contributed by atoms with Crippen molar-refractivity contribution in [3.63, 3.8) is 0 Å². The molecule has 0 atom stereocenters. The van der Waals surface area contributed by atoms with Gasteiger partial charge >= 0.3 is 0 Å². The second-order valence-corrected chi connectivity index (χ2v) is 10.3. The summed E-state index contributed by atoms with van der Waals surface area (Å²) in [6, 6.07) is 11.4. The third kappa shape index (κ3) is 8.42. The second kappa shape index (κ2) is 11.4. The van der Waals surface area contributed by atoms with E-state index in [-0.39, 0.29) is 12.5 Å². The van der Waals surface area contributed by atoms with Crippen LogP contribution >= 0.6 is 0 Å². The van der Waals surface area contributed by atoms with Crippen molar-refractivity contribution in [1.82, 2.24) is 9.62 Å². The average molecular weight is 449 g/mol. The van der Waals surface area contributed by atoms with Gasteiger partial charge in [0.1, 0.15) is 5.82 Å². The molecule has 0 aliphatic heterocycles. The lowest BCUT2D eigenvalue weighted by Gasteiger charge is -2.20. The molecule has 0 saturated heterocycles. The highest BCUT2D eigenvalue weighted by Gasteiger charge is 2.18. The minimum atomic E-state index is -3.32. The van der Waals surface area contributed by atoms with Gasteiger partial charge in [0.25, 0.3) is 5.91 Å². The van der Waals surface area contributed by atoms with E-state index in [0.717, 1.165) is 36.6 Å². The highest BCUT2D eigenvalue weighted by Crippen LogP contribution is 2.27. The molecule has 0 aromatic heterocycles. The Morgan fingerprint density at radius 2 is 1.84 bits per heavy atom. The Morgan fingerprint density at radius 1 is 1.10 bits per heavy atom. The lowest BCUT2D eigenvalue weighted by Crippen LogP contribution is -2.28. The van der Waals surface area contributed by atoms with Gasteiger partial charge in [-0.25, -0.2) is 17.5 Å². The van der Waals surface area contributed by atoms with Crippen LogP contribution in [0.25, 0.3) is 11.1 Å². The number of nitrogens with zero attached hydrogens (tertiary/aromatic N) is 1. The van der Waals surface area contributed by atoms with Crippen LogP contribution in [0.4, 0.5) is 4.39 Å². The van der Waals surface area contributed by atoms with Crippen molar-refractivity contribution < 1.29 is 17.6 Å². The Morgan fingerprint density at radius 3 is 2.52 bits per heavy atom. The molecule has 0 fully saturated rings. The fourth-order valence-electron chi connectivity index (χ4n) is 3.39. The first kappa shape index (κ1) is 25.0. The van der Waals surface area contributed by atoms with E-state index in [1.165, 1.54) is 18.6 Å². The molecule has 7 heteroatoms. The van der Waals surface area contributed by atoms with Gasteiger partial charge in [0.15, 0.2) is 0 Å². The third-order valence-electron chi connectivity index (χ3n) is 5.11. The number of carbonyl (C=O) groups is 1. The van der Waals surface area contributed by atoms with E-state index in [2.05, 4.69) is 18.6 Å². The van der Waals surface area contributed by atoms with Crippen LogP contribution in [-0.2, 0) is 16.6 Å². The summed E-state index contributed by atoms with van der Waals surface area (Å²) in [6.07, 6.45) is 5.38. The van der Waals surface area contributed by atoms with Crippen LogP contribution in [0.15, 0.2) is 42.5 Å².